The van der Waals surface area contributed by atoms with Crippen LogP contribution in [0.25, 0.3) is 0 Å². The van der Waals surface area contributed by atoms with Crippen LogP contribution in [0.15, 0.2) is 18.2 Å². The fourth-order valence-corrected chi connectivity index (χ4v) is 2.47. The molecular weight excluding hydrogens is 339 g/mol. The summed E-state index contributed by atoms with van der Waals surface area (Å²) in [6.45, 7) is 0.506. The van der Waals surface area contributed by atoms with Gasteiger partial charge in [0.05, 0.1) is 16.1 Å². The molecule has 0 aromatic heterocycles. The van der Waals surface area contributed by atoms with Crippen molar-refractivity contribution >= 4 is 53.3 Å². The van der Waals surface area contributed by atoms with Crippen molar-refractivity contribution in [3.8, 4) is 0 Å². The molecule has 1 aromatic carbocycles. The maximum atomic E-state index is 11.7. The zero-order valence-corrected chi connectivity index (χ0v) is 14.3. The minimum Gasteiger partial charge on any atom is -0.354 e. The van der Waals surface area contributed by atoms with Crippen molar-refractivity contribution in [1.82, 2.24) is 5.32 Å². The quantitative estimate of drug-likeness (QED) is 0.788. The van der Waals surface area contributed by atoms with Gasteiger partial charge >= 0.3 is 0 Å². The molecule has 0 aliphatic rings. The van der Waals surface area contributed by atoms with E-state index >= 15 is 0 Å². The molecule has 0 unspecified atom stereocenters. The van der Waals surface area contributed by atoms with Crippen LogP contribution >= 0.6 is 47.4 Å². The molecule has 0 heterocycles. The highest BCUT2D eigenvalue weighted by atomic mass is 35.5. The molecule has 0 aliphatic heterocycles. The van der Waals surface area contributed by atoms with Crippen LogP contribution in [-0.4, -0.2) is 30.5 Å². The Bertz CT molecular complexity index is 432. The normalized spacial score (nSPS) is 11.6. The lowest BCUT2D eigenvalue weighted by Crippen LogP contribution is -2.41. The van der Waals surface area contributed by atoms with Crippen LogP contribution in [0.5, 0.6) is 0 Å². The fourth-order valence-electron chi connectivity index (χ4n) is 1.57. The van der Waals surface area contributed by atoms with Gasteiger partial charge in [-0.2, -0.15) is 11.8 Å². The van der Waals surface area contributed by atoms with Gasteiger partial charge in [-0.1, -0.05) is 35.3 Å². The fraction of sp³-hybridized carbons (Fsp3) is 0.462. The lowest BCUT2D eigenvalue weighted by atomic mass is 10.1. The Labute approximate surface area is 140 Å². The van der Waals surface area contributed by atoms with E-state index in [0.717, 1.165) is 11.3 Å². The standard InChI is InChI=1S/C13H18Cl2N2OS.ClH/c1-19-8-6-11(16)13(18)17-7-5-9-3-2-4-10(14)12(9)15;/h2-4,11H,5-8,16H2,1H3,(H,17,18);1H/t11-;/m0./s1. The Balaban J connectivity index is 0.00000361. The summed E-state index contributed by atoms with van der Waals surface area (Å²) in [5.74, 6) is 0.765. The third-order valence-corrected chi connectivity index (χ3v) is 4.20. The molecule has 114 valence electrons. The van der Waals surface area contributed by atoms with Crippen molar-refractivity contribution in [3.05, 3.63) is 33.8 Å². The summed E-state index contributed by atoms with van der Waals surface area (Å²) in [6, 6.07) is 5.04. The molecule has 0 fully saturated rings. The Morgan fingerprint density at radius 1 is 1.45 bits per heavy atom. The first kappa shape index (κ1) is 19.9. The third kappa shape index (κ3) is 6.55. The molecule has 0 bridgehead atoms. The number of rotatable bonds is 7. The summed E-state index contributed by atoms with van der Waals surface area (Å²) in [4.78, 5) is 11.7. The van der Waals surface area contributed by atoms with Crippen molar-refractivity contribution in [1.29, 1.82) is 0 Å². The molecule has 0 saturated carbocycles. The minimum absolute atomic E-state index is 0. The van der Waals surface area contributed by atoms with Crippen LogP contribution in [0.2, 0.25) is 10.0 Å². The van der Waals surface area contributed by atoms with Crippen molar-refractivity contribution < 1.29 is 4.79 Å². The second kappa shape index (κ2) is 10.6. The Hall–Kier alpha value is -0.130. The van der Waals surface area contributed by atoms with Crippen LogP contribution in [0.3, 0.4) is 0 Å². The topological polar surface area (TPSA) is 55.1 Å². The number of nitrogens with two attached hydrogens (primary N) is 1. The van der Waals surface area contributed by atoms with Gasteiger partial charge in [-0.05, 0) is 36.5 Å². The number of nitrogens with one attached hydrogen (secondary N) is 1. The van der Waals surface area contributed by atoms with E-state index < -0.39 is 6.04 Å². The van der Waals surface area contributed by atoms with Crippen LogP contribution in [0.1, 0.15) is 12.0 Å². The van der Waals surface area contributed by atoms with Crippen molar-refractivity contribution in [2.45, 2.75) is 18.9 Å². The lowest BCUT2D eigenvalue weighted by Gasteiger charge is -2.12. The Morgan fingerprint density at radius 3 is 2.80 bits per heavy atom. The second-order valence-corrected chi connectivity index (χ2v) is 5.91. The van der Waals surface area contributed by atoms with Gasteiger partial charge < -0.3 is 11.1 Å². The first-order valence-electron chi connectivity index (χ1n) is 6.01. The summed E-state index contributed by atoms with van der Waals surface area (Å²) < 4.78 is 0. The number of hydrogen-bond acceptors (Lipinski definition) is 3. The number of carbonyl (C=O) groups excluding carboxylic acids is 1. The van der Waals surface area contributed by atoms with Gasteiger partial charge in [-0.15, -0.1) is 12.4 Å². The van der Waals surface area contributed by atoms with Gasteiger partial charge in [0.1, 0.15) is 0 Å². The number of benzene rings is 1. The van der Waals surface area contributed by atoms with E-state index in [1.165, 1.54) is 0 Å². The van der Waals surface area contributed by atoms with Crippen LogP contribution in [-0.2, 0) is 11.2 Å². The van der Waals surface area contributed by atoms with Crippen molar-refractivity contribution in [3.63, 3.8) is 0 Å². The first-order valence-corrected chi connectivity index (χ1v) is 8.16. The van der Waals surface area contributed by atoms with E-state index in [-0.39, 0.29) is 18.3 Å². The molecule has 20 heavy (non-hydrogen) atoms. The highest BCUT2D eigenvalue weighted by molar-refractivity contribution is 7.98. The highest BCUT2D eigenvalue weighted by Gasteiger charge is 2.12. The molecule has 0 saturated heterocycles. The summed E-state index contributed by atoms with van der Waals surface area (Å²) >= 11 is 13.7. The summed E-state index contributed by atoms with van der Waals surface area (Å²) in [5, 5.41) is 3.89. The number of thioether (sulfide) groups is 1. The lowest BCUT2D eigenvalue weighted by molar-refractivity contribution is -0.122. The van der Waals surface area contributed by atoms with Gasteiger partial charge in [0, 0.05) is 6.54 Å². The average Bonchev–Trinajstić information content (AvgIpc) is 2.40. The maximum Gasteiger partial charge on any atom is 0.236 e. The molecule has 3 N–H and O–H groups in total. The molecule has 7 heteroatoms. The van der Waals surface area contributed by atoms with Gasteiger partial charge in [-0.3, -0.25) is 4.79 Å². The molecule has 0 radical (unpaired) electrons. The summed E-state index contributed by atoms with van der Waals surface area (Å²) in [5.41, 5.74) is 6.69. The van der Waals surface area contributed by atoms with E-state index in [2.05, 4.69) is 5.32 Å². The summed E-state index contributed by atoms with van der Waals surface area (Å²) in [6.07, 6.45) is 3.32. The van der Waals surface area contributed by atoms with E-state index in [9.17, 15) is 4.79 Å². The molecule has 0 spiro atoms. The number of amides is 1. The van der Waals surface area contributed by atoms with E-state index in [1.54, 1.807) is 17.8 Å². The van der Waals surface area contributed by atoms with Gasteiger partial charge in [-0.25, -0.2) is 0 Å². The predicted octanol–water partition coefficient (Wildman–Crippen LogP) is 3.15. The highest BCUT2D eigenvalue weighted by Crippen LogP contribution is 2.25. The number of halogens is 3. The zero-order chi connectivity index (χ0) is 14.3. The van der Waals surface area contributed by atoms with Crippen molar-refractivity contribution in [2.75, 3.05) is 18.6 Å². The van der Waals surface area contributed by atoms with E-state index in [1.807, 2.05) is 18.4 Å². The minimum atomic E-state index is -0.442. The van der Waals surface area contributed by atoms with Crippen LogP contribution in [0, 0.1) is 0 Å². The summed E-state index contributed by atoms with van der Waals surface area (Å²) in [7, 11) is 0. The van der Waals surface area contributed by atoms with Crippen LogP contribution < -0.4 is 11.1 Å². The largest absolute Gasteiger partial charge is 0.354 e. The van der Waals surface area contributed by atoms with Gasteiger partial charge in [0.2, 0.25) is 5.91 Å². The second-order valence-electron chi connectivity index (χ2n) is 4.14. The first-order chi connectivity index (χ1) is 9.06. The number of carbonyl (C=O) groups is 1. The van der Waals surface area contributed by atoms with Crippen molar-refractivity contribution in [2.24, 2.45) is 5.73 Å². The molecule has 0 aliphatic carbocycles. The predicted molar refractivity (Wildman–Crippen MR) is 91.4 cm³/mol. The Morgan fingerprint density at radius 2 is 2.15 bits per heavy atom. The smallest absolute Gasteiger partial charge is 0.236 e. The molecular formula is C13H19Cl3N2OS. The number of hydrogen-bond donors (Lipinski definition) is 2. The maximum absolute atomic E-state index is 11.7. The van der Waals surface area contributed by atoms with Gasteiger partial charge in [0.25, 0.3) is 0 Å². The average molecular weight is 358 g/mol. The van der Waals surface area contributed by atoms with E-state index in [4.69, 9.17) is 28.9 Å². The molecule has 3 nitrogen and oxygen atoms in total. The van der Waals surface area contributed by atoms with E-state index in [0.29, 0.717) is 29.4 Å². The zero-order valence-electron chi connectivity index (χ0n) is 11.2. The molecule has 1 atom stereocenters. The molecule has 1 amide bonds. The Kier molecular flexibility index (Phi) is 10.5. The monoisotopic (exact) mass is 356 g/mol. The SMILES string of the molecule is CSCC[C@H](N)C(=O)NCCc1cccc(Cl)c1Cl.Cl. The molecule has 1 rings (SSSR count). The van der Waals surface area contributed by atoms with Crippen LogP contribution in [0.4, 0.5) is 0 Å². The molecule has 1 aromatic rings. The third-order valence-electron chi connectivity index (χ3n) is 2.69. The van der Waals surface area contributed by atoms with Gasteiger partial charge in [0.15, 0.2) is 0 Å².